The molecule has 0 spiro atoms. The van der Waals surface area contributed by atoms with Crippen molar-refractivity contribution in [2.24, 2.45) is 7.05 Å². The van der Waals surface area contributed by atoms with E-state index in [4.69, 9.17) is 11.6 Å². The van der Waals surface area contributed by atoms with E-state index < -0.39 is 0 Å². The minimum atomic E-state index is -0.332. The third-order valence-corrected chi connectivity index (χ3v) is 3.04. The van der Waals surface area contributed by atoms with Gasteiger partial charge in [-0.25, -0.2) is 4.39 Å². The molecule has 0 amide bonds. The first-order chi connectivity index (χ1) is 8.60. The molecule has 1 heterocycles. The summed E-state index contributed by atoms with van der Waals surface area (Å²) >= 11 is 5.95. The van der Waals surface area contributed by atoms with E-state index in [1.807, 2.05) is 13.2 Å². The van der Waals surface area contributed by atoms with Gasteiger partial charge in [-0.1, -0.05) is 18.5 Å². The second kappa shape index (κ2) is 5.40. The summed E-state index contributed by atoms with van der Waals surface area (Å²) in [4.78, 5) is 0. The zero-order chi connectivity index (χ0) is 13.1. The largest absolute Gasteiger partial charge is 0.380 e. The first-order valence-electron chi connectivity index (χ1n) is 5.80. The summed E-state index contributed by atoms with van der Waals surface area (Å²) in [5.41, 5.74) is 2.91. The summed E-state index contributed by atoms with van der Waals surface area (Å²) in [6.07, 6.45) is 2.86. The lowest BCUT2D eigenvalue weighted by Gasteiger charge is -2.08. The zero-order valence-corrected chi connectivity index (χ0v) is 11.1. The van der Waals surface area contributed by atoms with E-state index >= 15 is 0 Å². The van der Waals surface area contributed by atoms with Crippen LogP contribution in [0.5, 0.6) is 0 Å². The molecule has 0 aliphatic carbocycles. The van der Waals surface area contributed by atoms with Crippen LogP contribution in [0.15, 0.2) is 24.4 Å². The minimum Gasteiger partial charge on any atom is -0.380 e. The fourth-order valence-corrected chi connectivity index (χ4v) is 2.09. The standard InChI is InChI=1S/C13H15ClFN3/c1-3-12-9(8-18(2)17-12)7-16-13-5-4-10(15)6-11(13)14/h4-6,8,16H,3,7H2,1-2H3. The molecule has 0 aliphatic heterocycles. The number of halogens is 2. The highest BCUT2D eigenvalue weighted by molar-refractivity contribution is 6.33. The average molecular weight is 268 g/mol. The Hall–Kier alpha value is -1.55. The molecule has 0 radical (unpaired) electrons. The van der Waals surface area contributed by atoms with Gasteiger partial charge in [-0.05, 0) is 24.6 Å². The minimum absolute atomic E-state index is 0.332. The lowest BCUT2D eigenvalue weighted by Crippen LogP contribution is -2.01. The molecule has 1 aromatic heterocycles. The maximum atomic E-state index is 12.9. The van der Waals surface area contributed by atoms with E-state index in [0.717, 1.165) is 23.4 Å². The highest BCUT2D eigenvalue weighted by atomic mass is 35.5. The van der Waals surface area contributed by atoms with Crippen molar-refractivity contribution in [2.75, 3.05) is 5.32 Å². The number of anilines is 1. The van der Waals surface area contributed by atoms with Crippen LogP contribution in [-0.2, 0) is 20.0 Å². The van der Waals surface area contributed by atoms with Gasteiger partial charge in [-0.2, -0.15) is 5.10 Å². The number of aryl methyl sites for hydroxylation is 2. The van der Waals surface area contributed by atoms with Crippen LogP contribution in [0.4, 0.5) is 10.1 Å². The number of hydrogen-bond acceptors (Lipinski definition) is 2. The van der Waals surface area contributed by atoms with Crippen molar-refractivity contribution < 1.29 is 4.39 Å². The van der Waals surface area contributed by atoms with Crippen LogP contribution in [0.1, 0.15) is 18.2 Å². The Morgan fingerprint density at radius 2 is 2.22 bits per heavy atom. The van der Waals surface area contributed by atoms with E-state index in [0.29, 0.717) is 11.6 Å². The van der Waals surface area contributed by atoms with Gasteiger partial charge in [0.25, 0.3) is 0 Å². The fourth-order valence-electron chi connectivity index (χ4n) is 1.85. The van der Waals surface area contributed by atoms with Crippen LogP contribution < -0.4 is 5.32 Å². The molecule has 0 saturated heterocycles. The first-order valence-corrected chi connectivity index (χ1v) is 6.18. The van der Waals surface area contributed by atoms with Crippen molar-refractivity contribution in [2.45, 2.75) is 19.9 Å². The number of rotatable bonds is 4. The second-order valence-electron chi connectivity index (χ2n) is 4.11. The van der Waals surface area contributed by atoms with Crippen LogP contribution >= 0.6 is 11.6 Å². The van der Waals surface area contributed by atoms with Gasteiger partial charge in [-0.3, -0.25) is 4.68 Å². The lowest BCUT2D eigenvalue weighted by atomic mass is 10.2. The van der Waals surface area contributed by atoms with E-state index in [9.17, 15) is 4.39 Å². The summed E-state index contributed by atoms with van der Waals surface area (Å²) < 4.78 is 14.7. The summed E-state index contributed by atoms with van der Waals surface area (Å²) in [5.74, 6) is -0.332. The van der Waals surface area contributed by atoms with Gasteiger partial charge in [0, 0.05) is 25.4 Å². The van der Waals surface area contributed by atoms with Gasteiger partial charge in [-0.15, -0.1) is 0 Å². The van der Waals surface area contributed by atoms with Crippen molar-refractivity contribution >= 4 is 17.3 Å². The molecule has 0 unspecified atom stereocenters. The fraction of sp³-hybridized carbons (Fsp3) is 0.308. The number of aromatic nitrogens is 2. The second-order valence-corrected chi connectivity index (χ2v) is 4.51. The Balaban J connectivity index is 2.11. The molecule has 5 heteroatoms. The first kappa shape index (κ1) is 12.9. The highest BCUT2D eigenvalue weighted by Crippen LogP contribution is 2.23. The molecular weight excluding hydrogens is 253 g/mol. The van der Waals surface area contributed by atoms with Crippen LogP contribution in [0.2, 0.25) is 5.02 Å². The Morgan fingerprint density at radius 3 is 2.89 bits per heavy atom. The molecule has 0 fully saturated rings. The van der Waals surface area contributed by atoms with Gasteiger partial charge < -0.3 is 5.32 Å². The van der Waals surface area contributed by atoms with Crippen molar-refractivity contribution in [3.8, 4) is 0 Å². The van der Waals surface area contributed by atoms with Gasteiger partial charge in [0.2, 0.25) is 0 Å². The molecule has 18 heavy (non-hydrogen) atoms. The van der Waals surface area contributed by atoms with E-state index in [2.05, 4.69) is 17.3 Å². The van der Waals surface area contributed by atoms with Gasteiger partial charge in [0.1, 0.15) is 5.82 Å². The van der Waals surface area contributed by atoms with Crippen LogP contribution in [0.25, 0.3) is 0 Å². The molecule has 2 rings (SSSR count). The molecule has 1 aromatic carbocycles. The Kier molecular flexibility index (Phi) is 3.87. The Morgan fingerprint density at radius 1 is 1.44 bits per heavy atom. The van der Waals surface area contributed by atoms with Crippen molar-refractivity contribution in [1.82, 2.24) is 9.78 Å². The summed E-state index contributed by atoms with van der Waals surface area (Å²) in [5, 5.41) is 7.94. The summed E-state index contributed by atoms with van der Waals surface area (Å²) in [7, 11) is 1.90. The molecule has 1 N–H and O–H groups in total. The molecule has 3 nitrogen and oxygen atoms in total. The zero-order valence-electron chi connectivity index (χ0n) is 10.4. The summed E-state index contributed by atoms with van der Waals surface area (Å²) in [6, 6.07) is 4.33. The smallest absolute Gasteiger partial charge is 0.124 e. The van der Waals surface area contributed by atoms with E-state index in [1.54, 1.807) is 10.7 Å². The van der Waals surface area contributed by atoms with Crippen LogP contribution in [-0.4, -0.2) is 9.78 Å². The third kappa shape index (κ3) is 2.82. The SMILES string of the molecule is CCc1nn(C)cc1CNc1ccc(F)cc1Cl. The molecule has 0 saturated carbocycles. The highest BCUT2D eigenvalue weighted by Gasteiger charge is 2.07. The van der Waals surface area contributed by atoms with Crippen LogP contribution in [0.3, 0.4) is 0 Å². The van der Waals surface area contributed by atoms with Crippen molar-refractivity contribution in [3.63, 3.8) is 0 Å². The average Bonchev–Trinajstić information content (AvgIpc) is 2.68. The monoisotopic (exact) mass is 267 g/mol. The third-order valence-electron chi connectivity index (χ3n) is 2.73. The van der Waals surface area contributed by atoms with Crippen molar-refractivity contribution in [1.29, 1.82) is 0 Å². The normalized spacial score (nSPS) is 10.7. The van der Waals surface area contributed by atoms with Gasteiger partial charge in [0.15, 0.2) is 0 Å². The number of nitrogens with one attached hydrogen (secondary N) is 1. The molecule has 2 aromatic rings. The maximum absolute atomic E-state index is 12.9. The predicted molar refractivity (Wildman–Crippen MR) is 71.3 cm³/mol. The number of hydrogen-bond donors (Lipinski definition) is 1. The van der Waals surface area contributed by atoms with E-state index in [-0.39, 0.29) is 5.82 Å². The quantitative estimate of drug-likeness (QED) is 0.920. The van der Waals surface area contributed by atoms with E-state index in [1.165, 1.54) is 12.1 Å². The Bertz CT molecular complexity index is 551. The van der Waals surface area contributed by atoms with Gasteiger partial charge >= 0.3 is 0 Å². The maximum Gasteiger partial charge on any atom is 0.124 e. The predicted octanol–water partition coefficient (Wildman–Crippen LogP) is 3.39. The number of benzene rings is 1. The molecule has 0 aliphatic rings. The molecule has 96 valence electrons. The lowest BCUT2D eigenvalue weighted by molar-refractivity contribution is 0.628. The molecule has 0 atom stereocenters. The van der Waals surface area contributed by atoms with Crippen molar-refractivity contribution in [3.05, 3.63) is 46.5 Å². The topological polar surface area (TPSA) is 29.9 Å². The van der Waals surface area contributed by atoms with Crippen LogP contribution in [0, 0.1) is 5.82 Å². The number of nitrogens with zero attached hydrogens (tertiary/aromatic N) is 2. The molecular formula is C13H15ClFN3. The Labute approximate surface area is 111 Å². The van der Waals surface area contributed by atoms with Gasteiger partial charge in [0.05, 0.1) is 16.4 Å². The molecule has 0 bridgehead atoms. The summed E-state index contributed by atoms with van der Waals surface area (Å²) in [6.45, 7) is 2.69.